The second kappa shape index (κ2) is 10.6. The first-order valence-corrected chi connectivity index (χ1v) is 12.3. The minimum atomic E-state index is 0.0280. The van der Waals surface area contributed by atoms with Crippen molar-refractivity contribution in [2.24, 2.45) is 17.8 Å². The van der Waals surface area contributed by atoms with Gasteiger partial charge in [0.2, 0.25) is 5.91 Å². The molecule has 5 heteroatoms. The van der Waals surface area contributed by atoms with Crippen molar-refractivity contribution in [1.29, 1.82) is 0 Å². The van der Waals surface area contributed by atoms with E-state index in [1.807, 2.05) is 31.3 Å². The van der Waals surface area contributed by atoms with Crippen molar-refractivity contribution in [3.05, 3.63) is 51.7 Å². The lowest BCUT2D eigenvalue weighted by Gasteiger charge is -2.31. The summed E-state index contributed by atoms with van der Waals surface area (Å²) in [5.41, 5.74) is 2.69. The molecule has 1 fully saturated rings. The SMILES string of the molecule is COc1cccc([C@H]2CN(Cc3sccc3C)C[C@H]2CN(CC(C)C)C(=O)C(C)C)c1. The fourth-order valence-corrected chi connectivity index (χ4v) is 5.58. The van der Waals surface area contributed by atoms with Crippen LogP contribution in [0.4, 0.5) is 0 Å². The average Bonchev–Trinajstić information content (AvgIpc) is 3.32. The quantitative estimate of drug-likeness (QED) is 0.520. The van der Waals surface area contributed by atoms with Crippen LogP contribution >= 0.6 is 11.3 Å². The highest BCUT2D eigenvalue weighted by atomic mass is 32.1. The summed E-state index contributed by atoms with van der Waals surface area (Å²) in [7, 11) is 1.72. The molecule has 2 heterocycles. The Morgan fingerprint density at radius 3 is 2.61 bits per heavy atom. The zero-order chi connectivity index (χ0) is 22.5. The molecule has 2 atom stereocenters. The zero-order valence-electron chi connectivity index (χ0n) is 19.9. The molecule has 0 radical (unpaired) electrons. The predicted octanol–water partition coefficient (Wildman–Crippen LogP) is 5.42. The van der Waals surface area contributed by atoms with E-state index in [1.54, 1.807) is 7.11 Å². The number of ether oxygens (including phenoxy) is 1. The number of carbonyl (C=O) groups is 1. The van der Waals surface area contributed by atoms with Crippen molar-refractivity contribution >= 4 is 17.2 Å². The lowest BCUT2D eigenvalue weighted by molar-refractivity contribution is -0.135. The van der Waals surface area contributed by atoms with Gasteiger partial charge in [-0.25, -0.2) is 0 Å². The van der Waals surface area contributed by atoms with Crippen LogP contribution in [0.1, 0.15) is 49.6 Å². The van der Waals surface area contributed by atoms with Gasteiger partial charge in [-0.1, -0.05) is 39.8 Å². The Morgan fingerprint density at radius 1 is 1.23 bits per heavy atom. The molecule has 0 aliphatic carbocycles. The molecule has 0 spiro atoms. The monoisotopic (exact) mass is 442 g/mol. The van der Waals surface area contributed by atoms with E-state index >= 15 is 0 Å². The summed E-state index contributed by atoms with van der Waals surface area (Å²) in [6.45, 7) is 15.3. The van der Waals surface area contributed by atoms with Gasteiger partial charge in [0, 0.05) is 49.4 Å². The standard InChI is InChI=1S/C26H38N2O2S/c1-18(2)13-28(26(29)19(3)4)15-22-14-27(17-25-20(5)10-11-31-25)16-24(22)21-8-7-9-23(12-21)30-6/h7-12,18-19,22,24H,13-17H2,1-6H3/t22-,24+/m0/s1. The number of hydrogen-bond acceptors (Lipinski definition) is 4. The van der Waals surface area contributed by atoms with Crippen LogP contribution in [0, 0.1) is 24.7 Å². The second-order valence-corrected chi connectivity index (χ2v) is 10.7. The summed E-state index contributed by atoms with van der Waals surface area (Å²) in [5.74, 6) is 2.47. The Morgan fingerprint density at radius 2 is 2.00 bits per heavy atom. The van der Waals surface area contributed by atoms with E-state index in [1.165, 1.54) is 16.0 Å². The number of hydrogen-bond donors (Lipinski definition) is 0. The smallest absolute Gasteiger partial charge is 0.225 e. The fourth-order valence-electron chi connectivity index (χ4n) is 4.64. The molecule has 1 aromatic heterocycles. The molecule has 0 unspecified atom stereocenters. The molecule has 0 bridgehead atoms. The number of rotatable bonds is 9. The van der Waals surface area contributed by atoms with Gasteiger partial charge in [0.1, 0.15) is 5.75 Å². The predicted molar refractivity (Wildman–Crippen MR) is 130 cm³/mol. The highest BCUT2D eigenvalue weighted by Gasteiger charge is 2.36. The second-order valence-electron chi connectivity index (χ2n) is 9.66. The molecule has 1 amide bonds. The molecule has 170 valence electrons. The van der Waals surface area contributed by atoms with Crippen molar-refractivity contribution in [3.63, 3.8) is 0 Å². The largest absolute Gasteiger partial charge is 0.497 e. The molecule has 1 saturated heterocycles. The Hall–Kier alpha value is -1.85. The van der Waals surface area contributed by atoms with Crippen LogP contribution in [0.3, 0.4) is 0 Å². The molecule has 0 N–H and O–H groups in total. The summed E-state index contributed by atoms with van der Waals surface area (Å²) in [6.07, 6.45) is 0. The number of amides is 1. The van der Waals surface area contributed by atoms with Crippen molar-refractivity contribution in [1.82, 2.24) is 9.80 Å². The first-order chi connectivity index (χ1) is 14.8. The number of nitrogens with zero attached hydrogens (tertiary/aromatic N) is 2. The summed E-state index contributed by atoms with van der Waals surface area (Å²) >= 11 is 1.85. The van der Waals surface area contributed by atoms with Crippen LogP contribution in [0.25, 0.3) is 0 Å². The summed E-state index contributed by atoms with van der Waals surface area (Å²) in [5, 5.41) is 2.18. The van der Waals surface area contributed by atoms with Gasteiger partial charge in [0.25, 0.3) is 0 Å². The van der Waals surface area contributed by atoms with Crippen molar-refractivity contribution in [2.75, 3.05) is 33.3 Å². The Balaban J connectivity index is 1.85. The van der Waals surface area contributed by atoms with Gasteiger partial charge in [-0.15, -0.1) is 11.3 Å². The lowest BCUT2D eigenvalue weighted by atomic mass is 9.88. The van der Waals surface area contributed by atoms with Crippen LogP contribution < -0.4 is 4.74 Å². The van der Waals surface area contributed by atoms with E-state index in [9.17, 15) is 4.79 Å². The molecule has 1 aliphatic heterocycles. The minimum Gasteiger partial charge on any atom is -0.497 e. The maximum Gasteiger partial charge on any atom is 0.225 e. The average molecular weight is 443 g/mol. The maximum atomic E-state index is 13.0. The third kappa shape index (κ3) is 6.11. The maximum absolute atomic E-state index is 13.0. The van der Waals surface area contributed by atoms with Crippen molar-refractivity contribution in [3.8, 4) is 5.75 Å². The van der Waals surface area contributed by atoms with Gasteiger partial charge in [0.05, 0.1) is 7.11 Å². The number of carbonyl (C=O) groups excluding carboxylic acids is 1. The molecule has 3 rings (SSSR count). The van der Waals surface area contributed by atoms with Gasteiger partial charge < -0.3 is 9.64 Å². The molecule has 31 heavy (non-hydrogen) atoms. The molecule has 1 aromatic carbocycles. The molecule has 1 aliphatic rings. The number of thiophene rings is 1. The molecule has 2 aromatic rings. The fraction of sp³-hybridized carbons (Fsp3) is 0.577. The Bertz CT molecular complexity index is 861. The van der Waals surface area contributed by atoms with E-state index in [0.29, 0.717) is 17.8 Å². The van der Waals surface area contributed by atoms with Crippen LogP contribution in [0.15, 0.2) is 35.7 Å². The molecule has 0 saturated carbocycles. The van der Waals surface area contributed by atoms with Crippen molar-refractivity contribution < 1.29 is 9.53 Å². The first kappa shape index (κ1) is 23.8. The highest BCUT2D eigenvalue weighted by molar-refractivity contribution is 7.10. The molecule has 4 nitrogen and oxygen atoms in total. The minimum absolute atomic E-state index is 0.0280. The summed E-state index contributed by atoms with van der Waals surface area (Å²) in [6, 6.07) is 10.7. The van der Waals surface area contributed by atoms with Crippen LogP contribution in [0.2, 0.25) is 0 Å². The Kier molecular flexibility index (Phi) is 8.17. The normalized spacial score (nSPS) is 19.4. The lowest BCUT2D eigenvalue weighted by Crippen LogP contribution is -2.41. The van der Waals surface area contributed by atoms with E-state index < -0.39 is 0 Å². The van der Waals surface area contributed by atoms with E-state index in [2.05, 4.69) is 60.2 Å². The molecular weight excluding hydrogens is 404 g/mol. The van der Waals surface area contributed by atoms with Gasteiger partial charge >= 0.3 is 0 Å². The zero-order valence-corrected chi connectivity index (χ0v) is 20.7. The topological polar surface area (TPSA) is 32.8 Å². The Labute approximate surface area is 192 Å². The number of benzene rings is 1. The van der Waals surface area contributed by atoms with E-state index in [0.717, 1.165) is 38.5 Å². The van der Waals surface area contributed by atoms with E-state index in [-0.39, 0.29) is 11.8 Å². The van der Waals surface area contributed by atoms with E-state index in [4.69, 9.17) is 4.74 Å². The van der Waals surface area contributed by atoms with Gasteiger partial charge in [-0.2, -0.15) is 0 Å². The van der Waals surface area contributed by atoms with Crippen LogP contribution in [-0.4, -0.2) is 49.0 Å². The number of aryl methyl sites for hydroxylation is 1. The number of likely N-dealkylation sites (tertiary alicyclic amines) is 1. The highest BCUT2D eigenvalue weighted by Crippen LogP contribution is 2.36. The third-order valence-corrected chi connectivity index (χ3v) is 7.23. The van der Waals surface area contributed by atoms with Gasteiger partial charge in [-0.05, 0) is 53.5 Å². The summed E-state index contributed by atoms with van der Waals surface area (Å²) in [4.78, 5) is 19.1. The first-order valence-electron chi connectivity index (χ1n) is 11.5. The van der Waals surface area contributed by atoms with Crippen LogP contribution in [0.5, 0.6) is 5.75 Å². The van der Waals surface area contributed by atoms with Gasteiger partial charge in [-0.3, -0.25) is 9.69 Å². The third-order valence-electron chi connectivity index (χ3n) is 6.22. The van der Waals surface area contributed by atoms with Crippen LogP contribution in [-0.2, 0) is 11.3 Å². The van der Waals surface area contributed by atoms with Crippen molar-refractivity contribution in [2.45, 2.75) is 47.1 Å². The number of methoxy groups -OCH3 is 1. The molecular formula is C26H38N2O2S. The summed E-state index contributed by atoms with van der Waals surface area (Å²) < 4.78 is 5.50. The van der Waals surface area contributed by atoms with Gasteiger partial charge in [0.15, 0.2) is 0 Å².